The second-order valence-electron chi connectivity index (χ2n) is 3.38. The first-order valence-electron chi connectivity index (χ1n) is 4.83. The highest BCUT2D eigenvalue weighted by molar-refractivity contribution is 6.31. The molecule has 1 aliphatic heterocycles. The zero-order chi connectivity index (χ0) is 10.7. The van der Waals surface area contributed by atoms with Gasteiger partial charge in [0.2, 0.25) is 11.8 Å². The lowest BCUT2D eigenvalue weighted by Gasteiger charge is -2.11. The van der Waals surface area contributed by atoms with Gasteiger partial charge in [-0.25, -0.2) is 4.98 Å². The number of hydrogen-bond acceptors (Lipinski definition) is 5. The molecule has 2 rings (SSSR count). The number of halogens is 1. The number of aromatic nitrogens is 2. The van der Waals surface area contributed by atoms with Crippen LogP contribution in [-0.4, -0.2) is 36.2 Å². The van der Waals surface area contributed by atoms with Gasteiger partial charge in [-0.05, 0) is 13.0 Å². The minimum atomic E-state index is 0.385. The van der Waals surface area contributed by atoms with Crippen LogP contribution in [0.2, 0.25) is 5.02 Å². The van der Waals surface area contributed by atoms with Crippen molar-refractivity contribution in [2.75, 3.05) is 25.5 Å². The summed E-state index contributed by atoms with van der Waals surface area (Å²) in [6.45, 7) is 1.97. The molecule has 6 heteroatoms. The van der Waals surface area contributed by atoms with E-state index in [0.29, 0.717) is 22.9 Å². The monoisotopic (exact) mass is 228 g/mol. The van der Waals surface area contributed by atoms with Crippen LogP contribution in [0.5, 0.6) is 5.88 Å². The van der Waals surface area contributed by atoms with E-state index in [9.17, 15) is 0 Å². The Balaban J connectivity index is 2.07. The number of nitrogens with zero attached hydrogens (tertiary/aromatic N) is 2. The minimum Gasteiger partial charge on any atom is -0.480 e. The van der Waals surface area contributed by atoms with Gasteiger partial charge in [-0.3, -0.25) is 0 Å². The highest BCUT2D eigenvalue weighted by atomic mass is 35.5. The molecule has 1 unspecified atom stereocenters. The number of nitrogens with one attached hydrogen (secondary N) is 2. The minimum absolute atomic E-state index is 0.385. The van der Waals surface area contributed by atoms with E-state index in [1.165, 1.54) is 13.3 Å². The molecule has 1 fully saturated rings. The fourth-order valence-electron chi connectivity index (χ4n) is 1.52. The van der Waals surface area contributed by atoms with Gasteiger partial charge in [0.1, 0.15) is 5.02 Å². The van der Waals surface area contributed by atoms with Crippen LogP contribution in [0.4, 0.5) is 5.95 Å². The topological polar surface area (TPSA) is 59.1 Å². The molecule has 0 aromatic carbocycles. The van der Waals surface area contributed by atoms with E-state index < -0.39 is 0 Å². The maximum atomic E-state index is 5.82. The van der Waals surface area contributed by atoms with E-state index in [2.05, 4.69) is 20.6 Å². The SMILES string of the molecule is COc1nc(NC2CCNC2)ncc1Cl. The maximum Gasteiger partial charge on any atom is 0.237 e. The van der Waals surface area contributed by atoms with Crippen molar-refractivity contribution >= 4 is 17.5 Å². The van der Waals surface area contributed by atoms with Gasteiger partial charge in [-0.15, -0.1) is 0 Å². The Morgan fingerprint density at radius 3 is 3.20 bits per heavy atom. The zero-order valence-electron chi connectivity index (χ0n) is 8.46. The Morgan fingerprint density at radius 1 is 1.67 bits per heavy atom. The first-order chi connectivity index (χ1) is 7.29. The van der Waals surface area contributed by atoms with Crippen LogP contribution in [0, 0.1) is 0 Å². The number of rotatable bonds is 3. The summed E-state index contributed by atoms with van der Waals surface area (Å²) in [6, 6.07) is 0.385. The molecule has 5 nitrogen and oxygen atoms in total. The first-order valence-corrected chi connectivity index (χ1v) is 5.21. The summed E-state index contributed by atoms with van der Waals surface area (Å²) in [4.78, 5) is 8.24. The summed E-state index contributed by atoms with van der Waals surface area (Å²) >= 11 is 5.82. The van der Waals surface area contributed by atoms with Crippen molar-refractivity contribution in [1.29, 1.82) is 0 Å². The molecule has 0 radical (unpaired) electrons. The van der Waals surface area contributed by atoms with Crippen molar-refractivity contribution in [3.8, 4) is 5.88 Å². The molecule has 0 aliphatic carbocycles. The van der Waals surface area contributed by atoms with Crippen molar-refractivity contribution in [2.24, 2.45) is 0 Å². The molecule has 0 saturated carbocycles. The lowest BCUT2D eigenvalue weighted by atomic mass is 10.3. The Bertz CT molecular complexity index is 341. The average molecular weight is 229 g/mol. The molecule has 0 bridgehead atoms. The number of methoxy groups -OCH3 is 1. The van der Waals surface area contributed by atoms with Gasteiger partial charge in [-0.1, -0.05) is 11.6 Å². The van der Waals surface area contributed by atoms with Gasteiger partial charge < -0.3 is 15.4 Å². The van der Waals surface area contributed by atoms with E-state index in [0.717, 1.165) is 19.5 Å². The highest BCUT2D eigenvalue weighted by Gasteiger charge is 2.15. The van der Waals surface area contributed by atoms with Gasteiger partial charge in [0.05, 0.1) is 13.3 Å². The Morgan fingerprint density at radius 2 is 2.53 bits per heavy atom. The third-order valence-electron chi connectivity index (χ3n) is 2.30. The van der Waals surface area contributed by atoms with Gasteiger partial charge in [0.25, 0.3) is 0 Å². The van der Waals surface area contributed by atoms with E-state index in [1.807, 2.05) is 0 Å². The second kappa shape index (κ2) is 4.63. The maximum absolute atomic E-state index is 5.82. The van der Waals surface area contributed by atoms with Crippen molar-refractivity contribution in [2.45, 2.75) is 12.5 Å². The Kier molecular flexibility index (Phi) is 3.23. The zero-order valence-corrected chi connectivity index (χ0v) is 9.21. The third kappa shape index (κ3) is 2.49. The molecule has 1 aromatic rings. The van der Waals surface area contributed by atoms with E-state index >= 15 is 0 Å². The highest BCUT2D eigenvalue weighted by Crippen LogP contribution is 2.21. The van der Waals surface area contributed by atoms with Gasteiger partial charge in [0, 0.05) is 12.6 Å². The normalized spacial score (nSPS) is 20.3. The molecule has 1 saturated heterocycles. The Hall–Kier alpha value is -1.07. The summed E-state index contributed by atoms with van der Waals surface area (Å²) in [5.74, 6) is 0.963. The molecule has 1 aromatic heterocycles. The molecular weight excluding hydrogens is 216 g/mol. The summed E-state index contributed by atoms with van der Waals surface area (Å²) in [6.07, 6.45) is 2.62. The van der Waals surface area contributed by atoms with E-state index in [4.69, 9.17) is 16.3 Å². The van der Waals surface area contributed by atoms with Crippen LogP contribution in [0.3, 0.4) is 0 Å². The molecule has 0 spiro atoms. The van der Waals surface area contributed by atoms with E-state index in [-0.39, 0.29) is 0 Å². The lowest BCUT2D eigenvalue weighted by Crippen LogP contribution is -2.23. The summed E-state index contributed by atoms with van der Waals surface area (Å²) in [7, 11) is 1.54. The molecule has 2 N–H and O–H groups in total. The number of hydrogen-bond donors (Lipinski definition) is 2. The Labute approximate surface area is 93.2 Å². The quantitative estimate of drug-likeness (QED) is 0.806. The molecule has 1 atom stereocenters. The van der Waals surface area contributed by atoms with Crippen molar-refractivity contribution in [1.82, 2.24) is 15.3 Å². The molecular formula is C9H13ClN4O. The van der Waals surface area contributed by atoms with Gasteiger partial charge >= 0.3 is 0 Å². The number of anilines is 1. The van der Waals surface area contributed by atoms with Crippen LogP contribution in [0.25, 0.3) is 0 Å². The van der Waals surface area contributed by atoms with E-state index in [1.54, 1.807) is 0 Å². The predicted octanol–water partition coefficient (Wildman–Crippen LogP) is 0.912. The third-order valence-corrected chi connectivity index (χ3v) is 2.56. The molecule has 15 heavy (non-hydrogen) atoms. The van der Waals surface area contributed by atoms with Crippen LogP contribution >= 0.6 is 11.6 Å². The summed E-state index contributed by atoms with van der Waals surface area (Å²) in [5, 5.41) is 6.90. The average Bonchev–Trinajstić information content (AvgIpc) is 2.73. The standard InChI is InChI=1S/C9H13ClN4O/c1-15-8-7(10)5-12-9(14-8)13-6-2-3-11-4-6/h5-6,11H,2-4H2,1H3,(H,12,13,14). The second-order valence-corrected chi connectivity index (χ2v) is 3.79. The van der Waals surface area contributed by atoms with Crippen molar-refractivity contribution in [3.63, 3.8) is 0 Å². The van der Waals surface area contributed by atoms with Crippen LogP contribution in [0.1, 0.15) is 6.42 Å². The van der Waals surface area contributed by atoms with Crippen LogP contribution < -0.4 is 15.4 Å². The fraction of sp³-hybridized carbons (Fsp3) is 0.556. The van der Waals surface area contributed by atoms with Crippen LogP contribution in [-0.2, 0) is 0 Å². The molecule has 2 heterocycles. The molecule has 0 amide bonds. The van der Waals surface area contributed by atoms with Gasteiger partial charge in [0.15, 0.2) is 0 Å². The van der Waals surface area contributed by atoms with Gasteiger partial charge in [-0.2, -0.15) is 4.98 Å². The predicted molar refractivity (Wildman–Crippen MR) is 58.5 cm³/mol. The summed E-state index contributed by atoms with van der Waals surface area (Å²) < 4.78 is 5.01. The molecule has 1 aliphatic rings. The van der Waals surface area contributed by atoms with Crippen molar-refractivity contribution in [3.05, 3.63) is 11.2 Å². The lowest BCUT2D eigenvalue weighted by molar-refractivity contribution is 0.397. The van der Waals surface area contributed by atoms with Crippen molar-refractivity contribution < 1.29 is 4.74 Å². The summed E-state index contributed by atoms with van der Waals surface area (Å²) in [5.41, 5.74) is 0. The number of ether oxygens (including phenoxy) is 1. The first kappa shape index (κ1) is 10.4. The molecule has 82 valence electrons. The fourth-order valence-corrected chi connectivity index (χ4v) is 1.69. The van der Waals surface area contributed by atoms with Crippen LogP contribution in [0.15, 0.2) is 6.20 Å². The largest absolute Gasteiger partial charge is 0.480 e. The smallest absolute Gasteiger partial charge is 0.237 e.